The number of H-pyrrole nitrogens is 1. The van der Waals surface area contributed by atoms with E-state index in [1.54, 1.807) is 0 Å². The molecular weight excluding hydrogens is 292 g/mol. The van der Waals surface area contributed by atoms with Crippen molar-refractivity contribution in [1.82, 2.24) is 9.97 Å². The van der Waals surface area contributed by atoms with Crippen LogP contribution in [0.15, 0.2) is 23.0 Å². The van der Waals surface area contributed by atoms with Crippen LogP contribution in [0, 0.1) is 10.1 Å². The quantitative estimate of drug-likeness (QED) is 0.636. The van der Waals surface area contributed by atoms with Crippen LogP contribution in [0.1, 0.15) is 12.8 Å². The van der Waals surface area contributed by atoms with Crippen molar-refractivity contribution >= 4 is 28.5 Å². The Morgan fingerprint density at radius 2 is 2.27 bits per heavy atom. The molecular formula is C13H12N4O5. The molecule has 0 saturated carbocycles. The van der Waals surface area contributed by atoms with Crippen molar-refractivity contribution in [3.63, 3.8) is 0 Å². The van der Waals surface area contributed by atoms with Gasteiger partial charge in [-0.1, -0.05) is 0 Å². The monoisotopic (exact) mass is 304 g/mol. The lowest BCUT2D eigenvalue weighted by atomic mass is 10.2. The smallest absolute Gasteiger partial charge is 0.326 e. The first-order chi connectivity index (χ1) is 10.5. The lowest BCUT2D eigenvalue weighted by molar-refractivity contribution is -0.384. The van der Waals surface area contributed by atoms with Crippen molar-refractivity contribution in [1.29, 1.82) is 0 Å². The molecule has 1 aliphatic heterocycles. The number of anilines is 1. The fourth-order valence-corrected chi connectivity index (χ4v) is 2.64. The van der Waals surface area contributed by atoms with Gasteiger partial charge in [0, 0.05) is 18.7 Å². The van der Waals surface area contributed by atoms with Gasteiger partial charge in [0.05, 0.1) is 15.8 Å². The molecule has 1 aromatic heterocycles. The van der Waals surface area contributed by atoms with Crippen LogP contribution in [0.25, 0.3) is 10.9 Å². The molecule has 2 N–H and O–H groups in total. The number of carboxylic acid groups (broad SMARTS) is 1. The SMILES string of the molecule is O=C(O)[C@H]1CCCN1c1nc2ccc([N+](=O)[O-])cc2c(=O)[nH]1. The number of aliphatic carboxylic acids is 1. The van der Waals surface area contributed by atoms with Gasteiger partial charge in [-0.2, -0.15) is 0 Å². The Morgan fingerprint density at radius 3 is 2.95 bits per heavy atom. The minimum atomic E-state index is -0.969. The van der Waals surface area contributed by atoms with Gasteiger partial charge in [0.25, 0.3) is 11.2 Å². The number of aromatic amines is 1. The van der Waals surface area contributed by atoms with E-state index >= 15 is 0 Å². The standard InChI is InChI=1S/C13H12N4O5/c18-11-8-6-7(17(21)22)3-4-9(8)14-13(15-11)16-5-1-2-10(16)12(19)20/h3-4,6,10H,1-2,5H2,(H,19,20)(H,14,15,18)/t10-/m1/s1. The number of hydrogen-bond acceptors (Lipinski definition) is 6. The van der Waals surface area contributed by atoms with E-state index in [4.69, 9.17) is 0 Å². The number of nitro groups is 1. The number of nitrogens with zero attached hydrogens (tertiary/aromatic N) is 3. The molecule has 1 aliphatic rings. The third-order valence-corrected chi connectivity index (χ3v) is 3.70. The number of non-ortho nitro benzene ring substituents is 1. The second-order valence-corrected chi connectivity index (χ2v) is 5.04. The molecule has 2 heterocycles. The Hall–Kier alpha value is -2.97. The van der Waals surface area contributed by atoms with Crippen LogP contribution in [0.4, 0.5) is 11.6 Å². The van der Waals surface area contributed by atoms with E-state index in [0.717, 1.165) is 6.07 Å². The number of carboxylic acids is 1. The summed E-state index contributed by atoms with van der Waals surface area (Å²) in [6, 6.07) is 3.08. The number of benzene rings is 1. The molecule has 0 amide bonds. The predicted octanol–water partition coefficient (Wildman–Crippen LogP) is 0.885. The molecule has 0 bridgehead atoms. The van der Waals surface area contributed by atoms with Crippen LogP contribution < -0.4 is 10.5 Å². The number of carbonyl (C=O) groups is 1. The van der Waals surface area contributed by atoms with E-state index in [1.807, 2.05) is 0 Å². The number of fused-ring (bicyclic) bond motifs is 1. The summed E-state index contributed by atoms with van der Waals surface area (Å²) in [4.78, 5) is 41.8. The summed E-state index contributed by atoms with van der Waals surface area (Å²) >= 11 is 0. The van der Waals surface area contributed by atoms with Crippen LogP contribution in [-0.2, 0) is 4.79 Å². The number of nitrogens with one attached hydrogen (secondary N) is 1. The Balaban J connectivity index is 2.10. The van der Waals surface area contributed by atoms with Gasteiger partial charge in [-0.25, -0.2) is 9.78 Å². The van der Waals surface area contributed by atoms with Crippen LogP contribution in [0.3, 0.4) is 0 Å². The molecule has 9 nitrogen and oxygen atoms in total. The second kappa shape index (κ2) is 5.10. The molecule has 0 unspecified atom stereocenters. The average molecular weight is 304 g/mol. The summed E-state index contributed by atoms with van der Waals surface area (Å²) in [5.74, 6) is -0.791. The average Bonchev–Trinajstić information content (AvgIpc) is 2.96. The van der Waals surface area contributed by atoms with Crippen molar-refractivity contribution in [2.24, 2.45) is 0 Å². The maximum Gasteiger partial charge on any atom is 0.326 e. The first kappa shape index (κ1) is 14.0. The van der Waals surface area contributed by atoms with Gasteiger partial charge in [-0.3, -0.25) is 19.9 Å². The Labute approximate surface area is 123 Å². The molecule has 114 valence electrons. The van der Waals surface area contributed by atoms with Gasteiger partial charge in [-0.15, -0.1) is 0 Å². The zero-order valence-corrected chi connectivity index (χ0v) is 11.4. The molecule has 3 rings (SSSR count). The highest BCUT2D eigenvalue weighted by molar-refractivity contribution is 5.82. The molecule has 2 aromatic rings. The molecule has 0 spiro atoms. The maximum absolute atomic E-state index is 12.1. The third kappa shape index (κ3) is 2.26. The lowest BCUT2D eigenvalue weighted by Crippen LogP contribution is -2.37. The van der Waals surface area contributed by atoms with Crippen molar-refractivity contribution in [2.75, 3.05) is 11.4 Å². The van der Waals surface area contributed by atoms with Crippen molar-refractivity contribution in [3.05, 3.63) is 38.7 Å². The highest BCUT2D eigenvalue weighted by Crippen LogP contribution is 2.24. The van der Waals surface area contributed by atoms with Crippen LogP contribution >= 0.6 is 0 Å². The molecule has 1 aromatic carbocycles. The molecule has 1 atom stereocenters. The molecule has 1 saturated heterocycles. The van der Waals surface area contributed by atoms with Crippen LogP contribution in [0.2, 0.25) is 0 Å². The highest BCUT2D eigenvalue weighted by Gasteiger charge is 2.32. The normalized spacial score (nSPS) is 17.8. The van der Waals surface area contributed by atoms with Crippen molar-refractivity contribution < 1.29 is 14.8 Å². The fourth-order valence-electron chi connectivity index (χ4n) is 2.64. The van der Waals surface area contributed by atoms with Gasteiger partial charge in [0.1, 0.15) is 6.04 Å². The Morgan fingerprint density at radius 1 is 1.50 bits per heavy atom. The molecule has 22 heavy (non-hydrogen) atoms. The number of rotatable bonds is 3. The van der Waals surface area contributed by atoms with E-state index in [-0.39, 0.29) is 17.0 Å². The van der Waals surface area contributed by atoms with E-state index in [2.05, 4.69) is 9.97 Å². The first-order valence-electron chi connectivity index (χ1n) is 6.65. The predicted molar refractivity (Wildman–Crippen MR) is 77.0 cm³/mol. The first-order valence-corrected chi connectivity index (χ1v) is 6.65. The summed E-state index contributed by atoms with van der Waals surface area (Å²) in [7, 11) is 0. The van der Waals surface area contributed by atoms with E-state index in [1.165, 1.54) is 17.0 Å². The maximum atomic E-state index is 12.1. The topological polar surface area (TPSA) is 129 Å². The van der Waals surface area contributed by atoms with E-state index in [9.17, 15) is 24.8 Å². The number of hydrogen-bond donors (Lipinski definition) is 2. The van der Waals surface area contributed by atoms with Crippen LogP contribution in [-0.4, -0.2) is 38.6 Å². The third-order valence-electron chi connectivity index (χ3n) is 3.70. The van der Waals surface area contributed by atoms with Crippen molar-refractivity contribution in [3.8, 4) is 0 Å². The molecule has 0 aliphatic carbocycles. The summed E-state index contributed by atoms with van der Waals surface area (Å²) in [5, 5.41) is 20.0. The summed E-state index contributed by atoms with van der Waals surface area (Å²) in [6.45, 7) is 0.485. The van der Waals surface area contributed by atoms with Gasteiger partial charge in [0.15, 0.2) is 0 Å². The van der Waals surface area contributed by atoms with Gasteiger partial charge in [-0.05, 0) is 18.9 Å². The molecule has 1 fully saturated rings. The fraction of sp³-hybridized carbons (Fsp3) is 0.308. The zero-order valence-electron chi connectivity index (χ0n) is 11.4. The zero-order chi connectivity index (χ0) is 15.9. The highest BCUT2D eigenvalue weighted by atomic mass is 16.6. The number of nitro benzene ring substituents is 1. The van der Waals surface area contributed by atoms with Crippen molar-refractivity contribution in [2.45, 2.75) is 18.9 Å². The van der Waals surface area contributed by atoms with E-state index in [0.29, 0.717) is 24.9 Å². The summed E-state index contributed by atoms with van der Waals surface area (Å²) in [6.07, 6.45) is 1.18. The Bertz CT molecular complexity index is 831. The van der Waals surface area contributed by atoms with Gasteiger partial charge < -0.3 is 10.0 Å². The summed E-state index contributed by atoms with van der Waals surface area (Å²) in [5.41, 5.74) is -0.433. The second-order valence-electron chi connectivity index (χ2n) is 5.04. The van der Waals surface area contributed by atoms with E-state index < -0.39 is 22.5 Å². The molecule has 9 heteroatoms. The molecule has 0 radical (unpaired) electrons. The largest absolute Gasteiger partial charge is 0.480 e. The summed E-state index contributed by atoms with van der Waals surface area (Å²) < 4.78 is 0. The lowest BCUT2D eigenvalue weighted by Gasteiger charge is -2.21. The van der Waals surface area contributed by atoms with Gasteiger partial charge >= 0.3 is 5.97 Å². The minimum absolute atomic E-state index is 0.101. The number of aromatic nitrogens is 2. The van der Waals surface area contributed by atoms with Crippen LogP contribution in [0.5, 0.6) is 0 Å². The Kier molecular flexibility index (Phi) is 3.24. The minimum Gasteiger partial charge on any atom is -0.480 e. The van der Waals surface area contributed by atoms with Gasteiger partial charge in [0.2, 0.25) is 5.95 Å².